The van der Waals surface area contributed by atoms with Crippen LogP contribution in [0.15, 0.2) is 41.1 Å². The monoisotopic (exact) mass is 320 g/mol. The maximum Gasteiger partial charge on any atom is 0.225 e. The highest BCUT2D eigenvalue weighted by atomic mass is 79.9. The highest BCUT2D eigenvalue weighted by molar-refractivity contribution is 9.10. The first-order chi connectivity index (χ1) is 9.20. The van der Waals surface area contributed by atoms with E-state index in [-0.39, 0.29) is 0 Å². The predicted octanol–water partition coefficient (Wildman–Crippen LogP) is 2.69. The molecule has 4 nitrogen and oxygen atoms in total. The molecule has 1 aromatic carbocycles. The average Bonchev–Trinajstić information content (AvgIpc) is 2.45. The maximum atomic E-state index is 5.50. The van der Waals surface area contributed by atoms with Crippen LogP contribution >= 0.6 is 15.9 Å². The standard InChI is InChI=1S/C14H17BrN4/c1-19(7-3-6-16)14-17-9-12(10-18-14)11-4-2-5-13(15)8-11/h2,4-5,8-10H,3,6-7,16H2,1H3. The van der Waals surface area contributed by atoms with Crippen molar-refractivity contribution in [1.29, 1.82) is 0 Å². The van der Waals surface area contributed by atoms with E-state index < -0.39 is 0 Å². The van der Waals surface area contributed by atoms with Crippen molar-refractivity contribution in [3.63, 3.8) is 0 Å². The van der Waals surface area contributed by atoms with Gasteiger partial charge in [-0.3, -0.25) is 0 Å². The zero-order valence-corrected chi connectivity index (χ0v) is 12.5. The molecule has 0 amide bonds. The normalized spacial score (nSPS) is 10.5. The summed E-state index contributed by atoms with van der Waals surface area (Å²) in [6, 6.07) is 8.10. The summed E-state index contributed by atoms with van der Waals surface area (Å²) in [6.07, 6.45) is 4.64. The lowest BCUT2D eigenvalue weighted by Crippen LogP contribution is -2.22. The first-order valence-corrected chi connectivity index (χ1v) is 6.99. The van der Waals surface area contributed by atoms with Gasteiger partial charge in [0, 0.05) is 36.0 Å². The third-order valence-electron chi connectivity index (χ3n) is 2.84. The summed E-state index contributed by atoms with van der Waals surface area (Å²) in [4.78, 5) is 10.8. The third-order valence-corrected chi connectivity index (χ3v) is 3.33. The molecule has 0 aliphatic rings. The quantitative estimate of drug-likeness (QED) is 0.920. The molecule has 1 heterocycles. The minimum atomic E-state index is 0.681. The molecule has 1 aromatic heterocycles. The molecule has 2 N–H and O–H groups in total. The second-order valence-electron chi connectivity index (χ2n) is 4.35. The molecule has 0 unspecified atom stereocenters. The second kappa shape index (κ2) is 6.63. The SMILES string of the molecule is CN(CCCN)c1ncc(-c2cccc(Br)c2)cn1. The van der Waals surface area contributed by atoms with Gasteiger partial charge in [0.05, 0.1) is 0 Å². The van der Waals surface area contributed by atoms with Gasteiger partial charge in [-0.05, 0) is 30.7 Å². The van der Waals surface area contributed by atoms with Crippen molar-refractivity contribution in [2.24, 2.45) is 5.73 Å². The number of benzene rings is 1. The molecule has 0 radical (unpaired) electrons. The Bertz CT molecular complexity index is 527. The maximum absolute atomic E-state index is 5.50. The highest BCUT2D eigenvalue weighted by Gasteiger charge is 2.05. The fourth-order valence-corrected chi connectivity index (χ4v) is 2.16. The molecule has 100 valence electrons. The first kappa shape index (κ1) is 14.0. The Balaban J connectivity index is 2.14. The fraction of sp³-hybridized carbons (Fsp3) is 0.286. The van der Waals surface area contributed by atoms with Crippen LogP contribution in [0, 0.1) is 0 Å². The average molecular weight is 321 g/mol. The van der Waals surface area contributed by atoms with Crippen molar-refractivity contribution >= 4 is 21.9 Å². The Kier molecular flexibility index (Phi) is 4.87. The summed E-state index contributed by atoms with van der Waals surface area (Å²) < 4.78 is 1.05. The van der Waals surface area contributed by atoms with Crippen molar-refractivity contribution in [3.8, 4) is 11.1 Å². The van der Waals surface area contributed by atoms with Gasteiger partial charge in [0.15, 0.2) is 0 Å². The highest BCUT2D eigenvalue weighted by Crippen LogP contribution is 2.22. The zero-order valence-electron chi connectivity index (χ0n) is 10.9. The second-order valence-corrected chi connectivity index (χ2v) is 5.26. The summed E-state index contributed by atoms with van der Waals surface area (Å²) in [5.74, 6) is 0.729. The largest absolute Gasteiger partial charge is 0.344 e. The summed E-state index contributed by atoms with van der Waals surface area (Å²) in [5, 5.41) is 0. The smallest absolute Gasteiger partial charge is 0.225 e. The molecule has 2 rings (SSSR count). The van der Waals surface area contributed by atoms with Crippen LogP contribution in [-0.2, 0) is 0 Å². The molecular formula is C14H17BrN4. The number of nitrogens with zero attached hydrogens (tertiary/aromatic N) is 3. The zero-order chi connectivity index (χ0) is 13.7. The van der Waals surface area contributed by atoms with E-state index in [4.69, 9.17) is 5.73 Å². The molecule has 0 fully saturated rings. The lowest BCUT2D eigenvalue weighted by molar-refractivity contribution is 0.775. The van der Waals surface area contributed by atoms with E-state index in [0.717, 1.165) is 34.5 Å². The van der Waals surface area contributed by atoms with Gasteiger partial charge < -0.3 is 10.6 Å². The molecular weight excluding hydrogens is 304 g/mol. The van der Waals surface area contributed by atoms with E-state index in [2.05, 4.69) is 32.0 Å². The van der Waals surface area contributed by atoms with Crippen molar-refractivity contribution in [2.45, 2.75) is 6.42 Å². The summed E-state index contributed by atoms with van der Waals surface area (Å²) in [7, 11) is 1.98. The van der Waals surface area contributed by atoms with Crippen LogP contribution in [0.4, 0.5) is 5.95 Å². The van der Waals surface area contributed by atoms with E-state index in [0.29, 0.717) is 6.54 Å². The van der Waals surface area contributed by atoms with Gasteiger partial charge in [-0.15, -0.1) is 0 Å². The molecule has 0 spiro atoms. The van der Waals surface area contributed by atoms with Crippen LogP contribution in [0.3, 0.4) is 0 Å². The fourth-order valence-electron chi connectivity index (χ4n) is 1.76. The minimum Gasteiger partial charge on any atom is -0.344 e. The lowest BCUT2D eigenvalue weighted by atomic mass is 10.1. The van der Waals surface area contributed by atoms with Crippen molar-refractivity contribution in [1.82, 2.24) is 9.97 Å². The van der Waals surface area contributed by atoms with E-state index >= 15 is 0 Å². The van der Waals surface area contributed by atoms with Crippen LogP contribution in [0.2, 0.25) is 0 Å². The topological polar surface area (TPSA) is 55.0 Å². The molecule has 19 heavy (non-hydrogen) atoms. The molecule has 2 aromatic rings. The summed E-state index contributed by atoms with van der Waals surface area (Å²) >= 11 is 3.46. The number of rotatable bonds is 5. The molecule has 0 aliphatic carbocycles. The summed E-state index contributed by atoms with van der Waals surface area (Å²) in [6.45, 7) is 1.55. The van der Waals surface area contributed by atoms with Gasteiger partial charge in [0.1, 0.15) is 0 Å². The Labute approximate surface area is 121 Å². The van der Waals surface area contributed by atoms with E-state index in [1.54, 1.807) is 0 Å². The van der Waals surface area contributed by atoms with Crippen molar-refractivity contribution in [3.05, 3.63) is 41.1 Å². The van der Waals surface area contributed by atoms with Gasteiger partial charge in [-0.1, -0.05) is 28.1 Å². The molecule has 5 heteroatoms. The Hall–Kier alpha value is -1.46. The van der Waals surface area contributed by atoms with E-state index in [1.807, 2.05) is 42.5 Å². The lowest BCUT2D eigenvalue weighted by Gasteiger charge is -2.16. The number of halogens is 1. The van der Waals surface area contributed by atoms with Crippen LogP contribution in [0.1, 0.15) is 6.42 Å². The number of nitrogens with two attached hydrogens (primary N) is 1. The van der Waals surface area contributed by atoms with Crippen LogP contribution < -0.4 is 10.6 Å². The van der Waals surface area contributed by atoms with Crippen LogP contribution in [0.5, 0.6) is 0 Å². The van der Waals surface area contributed by atoms with Gasteiger partial charge in [-0.25, -0.2) is 9.97 Å². The predicted molar refractivity (Wildman–Crippen MR) is 82.1 cm³/mol. The number of anilines is 1. The van der Waals surface area contributed by atoms with Gasteiger partial charge in [-0.2, -0.15) is 0 Å². The first-order valence-electron chi connectivity index (χ1n) is 6.20. The van der Waals surface area contributed by atoms with Gasteiger partial charge in [0.25, 0.3) is 0 Å². The van der Waals surface area contributed by atoms with Gasteiger partial charge in [0.2, 0.25) is 5.95 Å². The molecule has 0 saturated heterocycles. The van der Waals surface area contributed by atoms with Crippen LogP contribution in [0.25, 0.3) is 11.1 Å². The number of hydrogen-bond donors (Lipinski definition) is 1. The molecule has 0 saturated carbocycles. The van der Waals surface area contributed by atoms with Gasteiger partial charge >= 0.3 is 0 Å². The Morgan fingerprint density at radius 2 is 1.95 bits per heavy atom. The third kappa shape index (κ3) is 3.75. The Morgan fingerprint density at radius 1 is 1.21 bits per heavy atom. The minimum absolute atomic E-state index is 0.681. The van der Waals surface area contributed by atoms with E-state index in [1.165, 1.54) is 0 Å². The summed E-state index contributed by atoms with van der Waals surface area (Å²) in [5.41, 5.74) is 7.61. The van der Waals surface area contributed by atoms with Crippen molar-refractivity contribution in [2.75, 3.05) is 25.0 Å². The molecule has 0 aliphatic heterocycles. The van der Waals surface area contributed by atoms with Crippen molar-refractivity contribution < 1.29 is 0 Å². The van der Waals surface area contributed by atoms with Crippen LogP contribution in [-0.4, -0.2) is 30.1 Å². The molecule has 0 bridgehead atoms. The number of hydrogen-bond acceptors (Lipinski definition) is 4. The number of aromatic nitrogens is 2. The van der Waals surface area contributed by atoms with E-state index in [9.17, 15) is 0 Å². The molecule has 0 atom stereocenters. The Morgan fingerprint density at radius 3 is 2.58 bits per heavy atom.